The quantitative estimate of drug-likeness (QED) is 0.499. The number of benzene rings is 1. The number of hydrogen-bond acceptors (Lipinski definition) is 4. The van der Waals surface area contributed by atoms with E-state index in [9.17, 15) is 4.79 Å². The number of aryl methyl sites for hydroxylation is 1. The molecule has 0 amide bonds. The third kappa shape index (κ3) is 4.69. The van der Waals surface area contributed by atoms with Crippen LogP contribution in [-0.2, 0) is 13.0 Å². The Morgan fingerprint density at radius 3 is 2.73 bits per heavy atom. The summed E-state index contributed by atoms with van der Waals surface area (Å²) in [5.74, 6) is 0.831. The molecule has 5 heteroatoms. The number of unbranched alkanes of at least 4 members (excludes halogenated alkanes) is 3. The molecule has 0 saturated heterocycles. The molecule has 1 aromatic carbocycles. The summed E-state index contributed by atoms with van der Waals surface area (Å²) in [7, 11) is 0. The third-order valence-corrected chi connectivity index (χ3v) is 3.55. The molecular formula is C17H23N3O2. The van der Waals surface area contributed by atoms with Crippen LogP contribution in [0.1, 0.15) is 48.8 Å². The summed E-state index contributed by atoms with van der Waals surface area (Å²) in [6, 6.07) is 9.66. The van der Waals surface area contributed by atoms with Gasteiger partial charge in [-0.25, -0.2) is 4.68 Å². The van der Waals surface area contributed by atoms with Crippen molar-refractivity contribution in [3.05, 3.63) is 41.7 Å². The largest absolute Gasteiger partial charge is 0.493 e. The molecule has 0 radical (unpaired) electrons. The first-order valence-electron chi connectivity index (χ1n) is 7.90. The van der Waals surface area contributed by atoms with Gasteiger partial charge in [0.2, 0.25) is 0 Å². The van der Waals surface area contributed by atoms with Crippen molar-refractivity contribution in [2.75, 3.05) is 6.61 Å². The molecule has 1 heterocycles. The molecule has 0 bridgehead atoms. The van der Waals surface area contributed by atoms with Gasteiger partial charge in [-0.3, -0.25) is 4.79 Å². The minimum atomic E-state index is 0.423. The lowest BCUT2D eigenvalue weighted by atomic mass is 10.2. The van der Waals surface area contributed by atoms with Crippen molar-refractivity contribution >= 4 is 6.29 Å². The third-order valence-electron chi connectivity index (χ3n) is 3.55. The highest BCUT2D eigenvalue weighted by Crippen LogP contribution is 2.11. The molecule has 0 unspecified atom stereocenters. The first-order valence-corrected chi connectivity index (χ1v) is 7.90. The Kier molecular flexibility index (Phi) is 6.61. The number of ether oxygens (including phenoxy) is 1. The van der Waals surface area contributed by atoms with Crippen LogP contribution in [0.4, 0.5) is 0 Å². The van der Waals surface area contributed by atoms with Gasteiger partial charge in [0.05, 0.1) is 12.3 Å². The van der Waals surface area contributed by atoms with E-state index in [-0.39, 0.29) is 0 Å². The van der Waals surface area contributed by atoms with Crippen LogP contribution in [0.5, 0.6) is 5.75 Å². The SMILES string of the molecule is CCCCCCn1nnc(C=O)c1CCOc1ccccc1. The molecule has 0 aliphatic rings. The summed E-state index contributed by atoms with van der Waals surface area (Å²) in [4.78, 5) is 11.1. The summed E-state index contributed by atoms with van der Waals surface area (Å²) in [6.45, 7) is 3.50. The second kappa shape index (κ2) is 8.97. The zero-order chi connectivity index (χ0) is 15.6. The summed E-state index contributed by atoms with van der Waals surface area (Å²) in [5.41, 5.74) is 1.29. The number of carbonyl (C=O) groups is 1. The van der Waals surface area contributed by atoms with E-state index in [0.29, 0.717) is 18.7 Å². The van der Waals surface area contributed by atoms with Gasteiger partial charge in [-0.15, -0.1) is 5.10 Å². The fraction of sp³-hybridized carbons (Fsp3) is 0.471. The Balaban J connectivity index is 1.90. The van der Waals surface area contributed by atoms with E-state index in [4.69, 9.17) is 4.74 Å². The Hall–Kier alpha value is -2.17. The Labute approximate surface area is 131 Å². The molecule has 0 saturated carbocycles. The second-order valence-corrected chi connectivity index (χ2v) is 5.23. The highest BCUT2D eigenvalue weighted by molar-refractivity contribution is 5.73. The average molecular weight is 301 g/mol. The maximum Gasteiger partial charge on any atom is 0.172 e. The molecule has 22 heavy (non-hydrogen) atoms. The molecule has 5 nitrogen and oxygen atoms in total. The van der Waals surface area contributed by atoms with Crippen LogP contribution in [0.25, 0.3) is 0 Å². The Bertz CT molecular complexity index is 567. The predicted octanol–water partition coefficient (Wildman–Crippen LogP) is 3.29. The van der Waals surface area contributed by atoms with Gasteiger partial charge in [-0.05, 0) is 18.6 Å². The fourth-order valence-electron chi connectivity index (χ4n) is 2.35. The van der Waals surface area contributed by atoms with Gasteiger partial charge in [0.15, 0.2) is 6.29 Å². The number of rotatable bonds is 10. The van der Waals surface area contributed by atoms with Crippen molar-refractivity contribution in [3.8, 4) is 5.75 Å². The second-order valence-electron chi connectivity index (χ2n) is 5.23. The molecule has 1 aromatic heterocycles. The lowest BCUT2D eigenvalue weighted by molar-refractivity contribution is 0.111. The number of para-hydroxylation sites is 1. The molecule has 2 aromatic rings. The topological polar surface area (TPSA) is 57.0 Å². The van der Waals surface area contributed by atoms with Crippen LogP contribution in [0.3, 0.4) is 0 Å². The minimum Gasteiger partial charge on any atom is -0.493 e. The van der Waals surface area contributed by atoms with Crippen LogP contribution >= 0.6 is 0 Å². The van der Waals surface area contributed by atoms with E-state index >= 15 is 0 Å². The van der Waals surface area contributed by atoms with Crippen molar-refractivity contribution in [2.24, 2.45) is 0 Å². The highest BCUT2D eigenvalue weighted by atomic mass is 16.5. The van der Waals surface area contributed by atoms with Gasteiger partial charge in [-0.2, -0.15) is 0 Å². The molecule has 0 aliphatic carbocycles. The molecule has 118 valence electrons. The van der Waals surface area contributed by atoms with E-state index < -0.39 is 0 Å². The van der Waals surface area contributed by atoms with Crippen LogP contribution in [0, 0.1) is 0 Å². The highest BCUT2D eigenvalue weighted by Gasteiger charge is 2.12. The van der Waals surface area contributed by atoms with Crippen LogP contribution in [0.15, 0.2) is 30.3 Å². The molecule has 0 fully saturated rings. The summed E-state index contributed by atoms with van der Waals surface area (Å²) in [6.07, 6.45) is 6.06. The zero-order valence-corrected chi connectivity index (χ0v) is 13.1. The van der Waals surface area contributed by atoms with Crippen molar-refractivity contribution in [1.29, 1.82) is 0 Å². The lowest BCUT2D eigenvalue weighted by Crippen LogP contribution is -2.11. The van der Waals surface area contributed by atoms with Crippen LogP contribution < -0.4 is 4.74 Å². The van der Waals surface area contributed by atoms with Crippen molar-refractivity contribution in [1.82, 2.24) is 15.0 Å². The molecule has 0 atom stereocenters. The van der Waals surface area contributed by atoms with Gasteiger partial charge in [0, 0.05) is 13.0 Å². The number of aromatic nitrogens is 3. The van der Waals surface area contributed by atoms with Crippen molar-refractivity contribution in [3.63, 3.8) is 0 Å². The molecule has 0 spiro atoms. The Morgan fingerprint density at radius 2 is 2.00 bits per heavy atom. The van der Waals surface area contributed by atoms with E-state index in [1.807, 2.05) is 35.0 Å². The summed E-state index contributed by atoms with van der Waals surface area (Å²) in [5, 5.41) is 8.04. The first-order chi connectivity index (χ1) is 10.8. The molecule has 0 N–H and O–H groups in total. The van der Waals surface area contributed by atoms with Crippen LogP contribution in [0.2, 0.25) is 0 Å². The van der Waals surface area contributed by atoms with E-state index in [1.54, 1.807) is 0 Å². The number of nitrogens with zero attached hydrogens (tertiary/aromatic N) is 3. The number of aldehydes is 1. The predicted molar refractivity (Wildman–Crippen MR) is 85.2 cm³/mol. The Morgan fingerprint density at radius 1 is 1.18 bits per heavy atom. The number of carbonyl (C=O) groups excluding carboxylic acids is 1. The van der Waals surface area contributed by atoms with E-state index in [1.165, 1.54) is 19.3 Å². The van der Waals surface area contributed by atoms with Gasteiger partial charge in [0.25, 0.3) is 0 Å². The van der Waals surface area contributed by atoms with Gasteiger partial charge >= 0.3 is 0 Å². The van der Waals surface area contributed by atoms with Crippen molar-refractivity contribution < 1.29 is 9.53 Å². The standard InChI is InChI=1S/C17H23N3O2/c1-2-3-4-8-12-20-17(16(14-21)18-19-20)11-13-22-15-9-6-5-7-10-15/h5-7,9-10,14H,2-4,8,11-13H2,1H3. The summed E-state index contributed by atoms with van der Waals surface area (Å²) < 4.78 is 7.53. The fourth-order valence-corrected chi connectivity index (χ4v) is 2.35. The summed E-state index contributed by atoms with van der Waals surface area (Å²) >= 11 is 0. The monoisotopic (exact) mass is 301 g/mol. The van der Waals surface area contributed by atoms with E-state index in [2.05, 4.69) is 17.2 Å². The number of hydrogen-bond donors (Lipinski definition) is 0. The normalized spacial score (nSPS) is 10.6. The zero-order valence-electron chi connectivity index (χ0n) is 13.1. The lowest BCUT2D eigenvalue weighted by Gasteiger charge is -2.08. The average Bonchev–Trinajstić information content (AvgIpc) is 2.95. The minimum absolute atomic E-state index is 0.423. The van der Waals surface area contributed by atoms with Gasteiger partial charge in [-0.1, -0.05) is 49.6 Å². The van der Waals surface area contributed by atoms with Gasteiger partial charge in [0.1, 0.15) is 11.4 Å². The van der Waals surface area contributed by atoms with Crippen LogP contribution in [-0.4, -0.2) is 27.9 Å². The maximum atomic E-state index is 11.1. The van der Waals surface area contributed by atoms with Crippen molar-refractivity contribution in [2.45, 2.75) is 45.6 Å². The van der Waals surface area contributed by atoms with E-state index in [0.717, 1.165) is 30.7 Å². The first kappa shape index (κ1) is 16.2. The molecule has 2 rings (SSSR count). The molecular weight excluding hydrogens is 278 g/mol. The smallest absolute Gasteiger partial charge is 0.172 e. The van der Waals surface area contributed by atoms with Gasteiger partial charge < -0.3 is 4.74 Å². The maximum absolute atomic E-state index is 11.1. The molecule has 0 aliphatic heterocycles.